The van der Waals surface area contributed by atoms with Crippen molar-refractivity contribution in [1.82, 2.24) is 0 Å². The Hall–Kier alpha value is -0.0400. The monoisotopic (exact) mass is 168 g/mol. The van der Waals surface area contributed by atoms with Crippen LogP contribution in [0.15, 0.2) is 0 Å². The van der Waals surface area contributed by atoms with Crippen LogP contribution in [0.4, 0.5) is 0 Å². The Morgan fingerprint density at radius 3 is 2.50 bits per heavy atom. The zero-order valence-electron chi connectivity index (χ0n) is 8.47. The van der Waals surface area contributed by atoms with Crippen LogP contribution >= 0.6 is 0 Å². The minimum Gasteiger partial charge on any atom is -0.378 e. The Bertz CT molecular complexity index is 156. The maximum atomic E-state index is 5.70. The molecule has 1 heteroatoms. The molecule has 0 aromatic rings. The lowest BCUT2D eigenvalue weighted by Crippen LogP contribution is -2.18. The van der Waals surface area contributed by atoms with Crippen molar-refractivity contribution in [1.29, 1.82) is 0 Å². The zero-order valence-corrected chi connectivity index (χ0v) is 8.47. The Labute approximate surface area is 75.5 Å². The van der Waals surface area contributed by atoms with Gasteiger partial charge in [0.25, 0.3) is 0 Å². The van der Waals surface area contributed by atoms with Gasteiger partial charge >= 0.3 is 0 Å². The van der Waals surface area contributed by atoms with Crippen LogP contribution in [-0.2, 0) is 4.74 Å². The number of ether oxygens (including phenoxy) is 1. The van der Waals surface area contributed by atoms with Gasteiger partial charge in [0.05, 0.1) is 6.10 Å². The van der Waals surface area contributed by atoms with E-state index in [-0.39, 0.29) is 0 Å². The minimum atomic E-state index is 0.494. The molecule has 0 aromatic carbocycles. The lowest BCUT2D eigenvalue weighted by Gasteiger charge is -2.27. The van der Waals surface area contributed by atoms with Crippen molar-refractivity contribution in [3.05, 3.63) is 0 Å². The van der Waals surface area contributed by atoms with Gasteiger partial charge in [-0.25, -0.2) is 0 Å². The second kappa shape index (κ2) is 2.73. The number of rotatable bonds is 0. The molecule has 2 fully saturated rings. The van der Waals surface area contributed by atoms with Crippen LogP contribution in [0.3, 0.4) is 0 Å². The second-order valence-corrected chi connectivity index (χ2v) is 5.49. The fraction of sp³-hybridized carbons (Fsp3) is 1.00. The second-order valence-electron chi connectivity index (χ2n) is 5.49. The van der Waals surface area contributed by atoms with E-state index >= 15 is 0 Å². The Morgan fingerprint density at radius 1 is 1.17 bits per heavy atom. The normalized spacial score (nSPS) is 41.8. The van der Waals surface area contributed by atoms with E-state index in [1.165, 1.54) is 19.3 Å². The summed E-state index contributed by atoms with van der Waals surface area (Å²) in [5, 5.41) is 0. The molecule has 3 atom stereocenters. The van der Waals surface area contributed by atoms with E-state index in [2.05, 4.69) is 20.8 Å². The first-order valence-electron chi connectivity index (χ1n) is 5.19. The van der Waals surface area contributed by atoms with Crippen molar-refractivity contribution in [2.24, 2.45) is 17.3 Å². The molecule has 1 saturated carbocycles. The van der Waals surface area contributed by atoms with Crippen LogP contribution in [0, 0.1) is 17.3 Å². The predicted molar refractivity (Wildman–Crippen MR) is 50.0 cm³/mol. The molecule has 1 unspecified atom stereocenters. The lowest BCUT2D eigenvalue weighted by molar-refractivity contribution is 0.0893. The van der Waals surface area contributed by atoms with Gasteiger partial charge in [0, 0.05) is 6.61 Å². The Kier molecular flexibility index (Phi) is 1.95. The third kappa shape index (κ3) is 1.39. The summed E-state index contributed by atoms with van der Waals surface area (Å²) >= 11 is 0. The van der Waals surface area contributed by atoms with E-state index < -0.39 is 0 Å². The van der Waals surface area contributed by atoms with Gasteiger partial charge in [0.2, 0.25) is 0 Å². The summed E-state index contributed by atoms with van der Waals surface area (Å²) in [5.41, 5.74) is 0.494. The van der Waals surface area contributed by atoms with Gasteiger partial charge in [0.15, 0.2) is 0 Å². The lowest BCUT2D eigenvalue weighted by atomic mass is 9.79. The average Bonchev–Trinajstić information content (AvgIpc) is 2.37. The van der Waals surface area contributed by atoms with Crippen molar-refractivity contribution in [3.63, 3.8) is 0 Å². The fourth-order valence-electron chi connectivity index (χ4n) is 2.67. The third-order valence-corrected chi connectivity index (χ3v) is 3.68. The van der Waals surface area contributed by atoms with Gasteiger partial charge < -0.3 is 4.74 Å². The number of hydrogen-bond acceptors (Lipinski definition) is 1. The molecule has 0 radical (unpaired) electrons. The van der Waals surface area contributed by atoms with Crippen LogP contribution in [0.2, 0.25) is 0 Å². The molecule has 1 aliphatic carbocycles. The quantitative estimate of drug-likeness (QED) is 0.540. The average molecular weight is 168 g/mol. The predicted octanol–water partition coefficient (Wildman–Crippen LogP) is 2.85. The molecule has 0 amide bonds. The smallest absolute Gasteiger partial charge is 0.0607 e. The molecule has 1 nitrogen and oxygen atoms in total. The van der Waals surface area contributed by atoms with E-state index in [4.69, 9.17) is 4.74 Å². The summed E-state index contributed by atoms with van der Waals surface area (Å²) in [6.45, 7) is 8.10. The first-order valence-corrected chi connectivity index (χ1v) is 5.19. The molecule has 70 valence electrons. The maximum absolute atomic E-state index is 5.70. The molecule has 1 aliphatic heterocycles. The standard InChI is InChI=1S/C11H20O/c1-11(2,3)9-6-8-4-5-12-10(8)7-9/h8-10H,4-7H2,1-3H3/t8?,9-,10-/m1/s1. The largest absolute Gasteiger partial charge is 0.378 e. The van der Waals surface area contributed by atoms with Gasteiger partial charge in [0.1, 0.15) is 0 Å². The van der Waals surface area contributed by atoms with Crippen LogP contribution in [0.1, 0.15) is 40.0 Å². The third-order valence-electron chi connectivity index (χ3n) is 3.68. The van der Waals surface area contributed by atoms with Gasteiger partial charge in [-0.15, -0.1) is 0 Å². The van der Waals surface area contributed by atoms with E-state index in [0.29, 0.717) is 11.5 Å². The molecule has 2 aliphatic rings. The highest BCUT2D eigenvalue weighted by molar-refractivity contribution is 4.92. The van der Waals surface area contributed by atoms with Gasteiger partial charge in [-0.1, -0.05) is 20.8 Å². The SMILES string of the molecule is CC(C)(C)[C@@H]1CC2CCO[C@@H]2C1. The molecule has 1 heterocycles. The van der Waals surface area contributed by atoms with E-state index in [1.807, 2.05) is 0 Å². The molecule has 0 spiro atoms. The van der Waals surface area contributed by atoms with Crippen molar-refractivity contribution in [2.45, 2.75) is 46.1 Å². The highest BCUT2D eigenvalue weighted by Gasteiger charge is 2.42. The van der Waals surface area contributed by atoms with Crippen LogP contribution in [-0.4, -0.2) is 12.7 Å². The summed E-state index contributed by atoms with van der Waals surface area (Å²) in [4.78, 5) is 0. The molecular weight excluding hydrogens is 148 g/mol. The van der Waals surface area contributed by atoms with Crippen molar-refractivity contribution in [3.8, 4) is 0 Å². The minimum absolute atomic E-state index is 0.494. The summed E-state index contributed by atoms with van der Waals surface area (Å²) in [5.74, 6) is 1.79. The Morgan fingerprint density at radius 2 is 1.92 bits per heavy atom. The molecule has 1 saturated heterocycles. The molecule has 0 aromatic heterocycles. The first-order chi connectivity index (χ1) is 5.57. The zero-order chi connectivity index (χ0) is 8.77. The van der Waals surface area contributed by atoms with Gasteiger partial charge in [-0.3, -0.25) is 0 Å². The van der Waals surface area contributed by atoms with Gasteiger partial charge in [-0.05, 0) is 36.5 Å². The van der Waals surface area contributed by atoms with Crippen LogP contribution in [0.5, 0.6) is 0 Å². The van der Waals surface area contributed by atoms with Crippen molar-refractivity contribution < 1.29 is 4.74 Å². The van der Waals surface area contributed by atoms with Crippen molar-refractivity contribution >= 4 is 0 Å². The number of hydrogen-bond donors (Lipinski definition) is 0. The summed E-state index contributed by atoms with van der Waals surface area (Å²) in [6.07, 6.45) is 4.66. The highest BCUT2D eigenvalue weighted by Crippen LogP contribution is 2.46. The number of fused-ring (bicyclic) bond motifs is 1. The van der Waals surface area contributed by atoms with E-state index in [1.54, 1.807) is 0 Å². The van der Waals surface area contributed by atoms with Gasteiger partial charge in [-0.2, -0.15) is 0 Å². The van der Waals surface area contributed by atoms with E-state index in [0.717, 1.165) is 18.4 Å². The van der Waals surface area contributed by atoms with Crippen molar-refractivity contribution in [2.75, 3.05) is 6.61 Å². The fourth-order valence-corrected chi connectivity index (χ4v) is 2.67. The Balaban J connectivity index is 1.99. The summed E-state index contributed by atoms with van der Waals surface area (Å²) in [6, 6.07) is 0. The molecule has 0 N–H and O–H groups in total. The molecule has 2 rings (SSSR count). The molecule has 12 heavy (non-hydrogen) atoms. The summed E-state index contributed by atoms with van der Waals surface area (Å²) in [7, 11) is 0. The summed E-state index contributed by atoms with van der Waals surface area (Å²) < 4.78 is 5.70. The maximum Gasteiger partial charge on any atom is 0.0607 e. The van der Waals surface area contributed by atoms with Crippen LogP contribution < -0.4 is 0 Å². The van der Waals surface area contributed by atoms with E-state index in [9.17, 15) is 0 Å². The molecule has 0 bridgehead atoms. The molecular formula is C11H20O. The topological polar surface area (TPSA) is 9.23 Å². The highest BCUT2D eigenvalue weighted by atomic mass is 16.5. The van der Waals surface area contributed by atoms with Crippen LogP contribution in [0.25, 0.3) is 0 Å². The first kappa shape index (κ1) is 8.55.